The van der Waals surface area contributed by atoms with Gasteiger partial charge < -0.3 is 5.11 Å². The summed E-state index contributed by atoms with van der Waals surface area (Å²) in [5.41, 5.74) is 0.904. The van der Waals surface area contributed by atoms with Gasteiger partial charge in [0.2, 0.25) is 0 Å². The molecule has 0 bridgehead atoms. The molecule has 70 valence electrons. The summed E-state index contributed by atoms with van der Waals surface area (Å²) in [5.74, 6) is -0.965. The van der Waals surface area contributed by atoms with E-state index in [1.165, 1.54) is 23.5 Å². The Balaban J connectivity index is 2.74. The van der Waals surface area contributed by atoms with Crippen LogP contribution in [-0.2, 0) is 4.79 Å². The number of carboxylic acid groups (broad SMARTS) is 1. The number of allylic oxidation sites excluding steroid dienone is 1. The zero-order valence-electron chi connectivity index (χ0n) is 7.18. The minimum atomic E-state index is -0.965. The fraction of sp³-hybridized carbons (Fsp3) is 0. The SMILES string of the molecule is N#CC=Cc1csc(/C=C/C(=O)O)c1. The number of thiophene rings is 1. The van der Waals surface area contributed by atoms with Gasteiger partial charge in [0, 0.05) is 17.0 Å². The van der Waals surface area contributed by atoms with Crippen LogP contribution < -0.4 is 0 Å². The van der Waals surface area contributed by atoms with Crippen LogP contribution in [0.4, 0.5) is 0 Å². The van der Waals surface area contributed by atoms with E-state index in [9.17, 15) is 4.79 Å². The van der Waals surface area contributed by atoms with Crippen molar-refractivity contribution in [2.45, 2.75) is 0 Å². The molecule has 0 saturated carbocycles. The molecule has 0 radical (unpaired) electrons. The molecule has 1 rings (SSSR count). The largest absolute Gasteiger partial charge is 0.478 e. The third kappa shape index (κ3) is 3.25. The molecule has 1 aromatic heterocycles. The molecule has 0 aliphatic carbocycles. The van der Waals surface area contributed by atoms with Crippen molar-refractivity contribution in [3.8, 4) is 6.07 Å². The molecule has 0 aliphatic heterocycles. The molecule has 3 nitrogen and oxygen atoms in total. The Kier molecular flexibility index (Phi) is 3.65. The van der Waals surface area contributed by atoms with Gasteiger partial charge in [-0.05, 0) is 29.2 Å². The first-order valence-corrected chi connectivity index (χ1v) is 4.66. The van der Waals surface area contributed by atoms with Gasteiger partial charge in [0.05, 0.1) is 6.07 Å². The third-order valence-electron chi connectivity index (χ3n) is 1.38. The second kappa shape index (κ2) is 5.00. The molecule has 0 fully saturated rings. The van der Waals surface area contributed by atoms with Gasteiger partial charge in [0.1, 0.15) is 0 Å². The zero-order valence-corrected chi connectivity index (χ0v) is 7.99. The Bertz CT molecular complexity index is 424. The number of carbonyl (C=O) groups is 1. The number of hydrogen-bond acceptors (Lipinski definition) is 3. The van der Waals surface area contributed by atoms with Crippen molar-refractivity contribution in [3.63, 3.8) is 0 Å². The lowest BCUT2D eigenvalue weighted by atomic mass is 10.3. The van der Waals surface area contributed by atoms with Gasteiger partial charge in [-0.25, -0.2) is 4.79 Å². The minimum absolute atomic E-state index is 0.852. The normalized spacial score (nSPS) is 10.8. The minimum Gasteiger partial charge on any atom is -0.478 e. The standard InChI is InChI=1S/C10H7NO2S/c11-5-1-2-8-6-9(14-7-8)3-4-10(12)13/h1-4,6-7H,(H,12,13)/b2-1?,4-3+. The van der Waals surface area contributed by atoms with Crippen LogP contribution in [0.2, 0.25) is 0 Å². The van der Waals surface area contributed by atoms with Crippen LogP contribution in [0.5, 0.6) is 0 Å². The van der Waals surface area contributed by atoms with Gasteiger partial charge in [-0.1, -0.05) is 0 Å². The van der Waals surface area contributed by atoms with Crippen molar-refractivity contribution in [2.75, 3.05) is 0 Å². The summed E-state index contributed by atoms with van der Waals surface area (Å²) in [6.45, 7) is 0. The maximum atomic E-state index is 10.2. The maximum absolute atomic E-state index is 10.2. The molecular weight excluding hydrogens is 198 g/mol. The fourth-order valence-corrected chi connectivity index (χ4v) is 1.60. The van der Waals surface area contributed by atoms with E-state index < -0.39 is 5.97 Å². The molecule has 0 amide bonds. The number of nitriles is 1. The Hall–Kier alpha value is -1.86. The second-order valence-corrected chi connectivity index (χ2v) is 3.36. The summed E-state index contributed by atoms with van der Waals surface area (Å²) in [4.78, 5) is 11.1. The van der Waals surface area contributed by atoms with Gasteiger partial charge in [-0.15, -0.1) is 11.3 Å². The lowest BCUT2D eigenvalue weighted by Crippen LogP contribution is -1.84. The first-order valence-electron chi connectivity index (χ1n) is 3.78. The molecule has 0 spiro atoms. The fourth-order valence-electron chi connectivity index (χ4n) is 0.830. The van der Waals surface area contributed by atoms with Crippen LogP contribution in [0.25, 0.3) is 12.2 Å². The highest BCUT2D eigenvalue weighted by Gasteiger charge is 1.94. The highest BCUT2D eigenvalue weighted by molar-refractivity contribution is 7.11. The van der Waals surface area contributed by atoms with Crippen LogP contribution >= 0.6 is 11.3 Å². The molecule has 0 aromatic carbocycles. The summed E-state index contributed by atoms with van der Waals surface area (Å²) in [7, 11) is 0. The molecule has 0 atom stereocenters. The predicted molar refractivity (Wildman–Crippen MR) is 55.6 cm³/mol. The summed E-state index contributed by atoms with van der Waals surface area (Å²) in [5, 5.41) is 18.5. The van der Waals surface area contributed by atoms with Crippen molar-refractivity contribution < 1.29 is 9.90 Å². The maximum Gasteiger partial charge on any atom is 0.328 e. The highest BCUT2D eigenvalue weighted by atomic mass is 32.1. The summed E-state index contributed by atoms with van der Waals surface area (Å²) in [6, 6.07) is 3.71. The van der Waals surface area contributed by atoms with E-state index in [2.05, 4.69) is 0 Å². The number of carboxylic acids is 1. The Labute approximate surface area is 85.2 Å². The Morgan fingerprint density at radius 3 is 3.00 bits per heavy atom. The van der Waals surface area contributed by atoms with E-state index in [-0.39, 0.29) is 0 Å². The van der Waals surface area contributed by atoms with Crippen molar-refractivity contribution in [1.29, 1.82) is 5.26 Å². The van der Waals surface area contributed by atoms with Crippen molar-refractivity contribution in [1.82, 2.24) is 0 Å². The number of hydrogen-bond donors (Lipinski definition) is 1. The number of rotatable bonds is 3. The van der Waals surface area contributed by atoms with Crippen molar-refractivity contribution in [2.24, 2.45) is 0 Å². The van der Waals surface area contributed by atoms with E-state index in [1.54, 1.807) is 6.08 Å². The van der Waals surface area contributed by atoms with Gasteiger partial charge in [-0.3, -0.25) is 0 Å². The summed E-state index contributed by atoms with van der Waals surface area (Å²) in [6.07, 6.45) is 5.67. The highest BCUT2D eigenvalue weighted by Crippen LogP contribution is 2.17. The van der Waals surface area contributed by atoms with Crippen LogP contribution in [0.15, 0.2) is 23.6 Å². The van der Waals surface area contributed by atoms with E-state index in [0.29, 0.717) is 0 Å². The molecular formula is C10H7NO2S. The van der Waals surface area contributed by atoms with E-state index in [4.69, 9.17) is 10.4 Å². The van der Waals surface area contributed by atoms with Crippen LogP contribution in [-0.4, -0.2) is 11.1 Å². The van der Waals surface area contributed by atoms with Gasteiger partial charge in [0.15, 0.2) is 0 Å². The average molecular weight is 205 g/mol. The molecule has 0 aliphatic rings. The van der Waals surface area contributed by atoms with Crippen LogP contribution in [0, 0.1) is 11.3 Å². The quantitative estimate of drug-likeness (QED) is 0.608. The zero-order chi connectivity index (χ0) is 10.4. The lowest BCUT2D eigenvalue weighted by Gasteiger charge is -1.80. The van der Waals surface area contributed by atoms with E-state index >= 15 is 0 Å². The Morgan fingerprint density at radius 1 is 1.57 bits per heavy atom. The molecule has 14 heavy (non-hydrogen) atoms. The smallest absolute Gasteiger partial charge is 0.328 e. The van der Waals surface area contributed by atoms with Crippen molar-refractivity contribution >= 4 is 29.5 Å². The van der Waals surface area contributed by atoms with Gasteiger partial charge in [-0.2, -0.15) is 5.26 Å². The molecule has 1 heterocycles. The molecule has 1 N–H and O–H groups in total. The molecule has 4 heteroatoms. The molecule has 0 unspecified atom stereocenters. The van der Waals surface area contributed by atoms with Crippen LogP contribution in [0.3, 0.4) is 0 Å². The van der Waals surface area contributed by atoms with Crippen LogP contribution in [0.1, 0.15) is 10.4 Å². The first kappa shape index (κ1) is 10.2. The summed E-state index contributed by atoms with van der Waals surface area (Å²) < 4.78 is 0. The van der Waals surface area contributed by atoms with E-state index in [1.807, 2.05) is 17.5 Å². The molecule has 1 aromatic rings. The average Bonchev–Trinajstić information content (AvgIpc) is 2.59. The molecule has 0 saturated heterocycles. The van der Waals surface area contributed by atoms with E-state index in [0.717, 1.165) is 16.5 Å². The topological polar surface area (TPSA) is 61.1 Å². The first-order chi connectivity index (χ1) is 6.72. The van der Waals surface area contributed by atoms with Gasteiger partial charge >= 0.3 is 5.97 Å². The Morgan fingerprint density at radius 2 is 2.36 bits per heavy atom. The number of nitrogens with zero attached hydrogens (tertiary/aromatic N) is 1. The summed E-state index contributed by atoms with van der Waals surface area (Å²) >= 11 is 1.43. The predicted octanol–water partition coefficient (Wildman–Crippen LogP) is 2.38. The van der Waals surface area contributed by atoms with Crippen molar-refractivity contribution in [3.05, 3.63) is 34.0 Å². The monoisotopic (exact) mass is 205 g/mol. The van der Waals surface area contributed by atoms with Gasteiger partial charge in [0.25, 0.3) is 0 Å². The second-order valence-electron chi connectivity index (χ2n) is 2.42. The third-order valence-corrected chi connectivity index (χ3v) is 2.30. The number of aliphatic carboxylic acids is 1. The lowest BCUT2D eigenvalue weighted by molar-refractivity contribution is -0.131.